The van der Waals surface area contributed by atoms with Gasteiger partial charge < -0.3 is 20.4 Å². The number of hydrogen-bond donors (Lipinski definition) is 3. The molecule has 0 radical (unpaired) electrons. The molecule has 7 nitrogen and oxygen atoms in total. The van der Waals surface area contributed by atoms with Crippen LogP contribution in [0.1, 0.15) is 33.4 Å². The number of rotatable bonds is 8. The van der Waals surface area contributed by atoms with Gasteiger partial charge in [-0.2, -0.15) is 0 Å². The minimum atomic E-state index is -0.295. The summed E-state index contributed by atoms with van der Waals surface area (Å²) in [7, 11) is 0. The Balaban J connectivity index is 1.59. The maximum atomic E-state index is 12.5. The molecule has 0 aliphatic carbocycles. The second kappa shape index (κ2) is 9.36. The molecule has 7 heteroatoms. The van der Waals surface area contributed by atoms with Crippen molar-refractivity contribution in [3.05, 3.63) is 83.8 Å². The van der Waals surface area contributed by atoms with E-state index in [-0.39, 0.29) is 30.7 Å². The van der Waals surface area contributed by atoms with Crippen LogP contribution in [0.15, 0.2) is 71.3 Å². The lowest BCUT2D eigenvalue weighted by Crippen LogP contribution is -2.26. The summed E-state index contributed by atoms with van der Waals surface area (Å²) >= 11 is 0. The van der Waals surface area contributed by atoms with E-state index in [1.54, 1.807) is 66.9 Å². The van der Waals surface area contributed by atoms with Crippen molar-refractivity contribution in [1.29, 1.82) is 0 Å². The van der Waals surface area contributed by atoms with E-state index in [4.69, 9.17) is 4.42 Å². The zero-order valence-corrected chi connectivity index (χ0v) is 15.9. The fraction of sp³-hybridized carbons (Fsp3) is 0.136. The molecule has 1 heterocycles. The van der Waals surface area contributed by atoms with Gasteiger partial charge in [0.1, 0.15) is 5.76 Å². The third kappa shape index (κ3) is 5.55. The first-order valence-corrected chi connectivity index (χ1v) is 9.07. The topological polar surface area (TPSA) is 100 Å². The molecule has 2 aromatic carbocycles. The molecule has 1 aromatic heterocycles. The van der Waals surface area contributed by atoms with Crippen molar-refractivity contribution in [1.82, 2.24) is 5.32 Å². The Morgan fingerprint density at radius 1 is 0.966 bits per heavy atom. The summed E-state index contributed by atoms with van der Waals surface area (Å²) in [5.74, 6) is 0.000220. The molecule has 0 saturated heterocycles. The third-order valence-electron chi connectivity index (χ3n) is 4.17. The predicted octanol–water partition coefficient (Wildman–Crippen LogP) is 3.46. The summed E-state index contributed by atoms with van der Waals surface area (Å²) in [4.78, 5) is 36.2. The highest BCUT2D eigenvalue weighted by Crippen LogP contribution is 2.16. The van der Waals surface area contributed by atoms with E-state index in [1.807, 2.05) is 0 Å². The Hall–Kier alpha value is -3.87. The fourth-order valence-electron chi connectivity index (χ4n) is 2.71. The Labute approximate surface area is 168 Å². The molecular formula is C22H21N3O4. The van der Waals surface area contributed by atoms with Gasteiger partial charge in [-0.3, -0.25) is 14.4 Å². The maximum Gasteiger partial charge on any atom is 0.253 e. The molecule has 0 atom stereocenters. The molecular weight excluding hydrogens is 370 g/mol. The SMILES string of the molecule is CC(=O)c1cccc(NC(=O)CNc2ccccc2C(=O)NCc2ccco2)c1. The van der Waals surface area contributed by atoms with Crippen molar-refractivity contribution >= 4 is 29.0 Å². The average molecular weight is 391 g/mol. The van der Waals surface area contributed by atoms with Gasteiger partial charge in [-0.1, -0.05) is 24.3 Å². The van der Waals surface area contributed by atoms with Gasteiger partial charge in [0, 0.05) is 16.9 Å². The van der Waals surface area contributed by atoms with E-state index < -0.39 is 0 Å². The first kappa shape index (κ1) is 19.9. The van der Waals surface area contributed by atoms with E-state index in [2.05, 4.69) is 16.0 Å². The number of furan rings is 1. The molecule has 29 heavy (non-hydrogen) atoms. The van der Waals surface area contributed by atoms with E-state index >= 15 is 0 Å². The van der Waals surface area contributed by atoms with E-state index in [9.17, 15) is 14.4 Å². The number of carbonyl (C=O) groups is 3. The van der Waals surface area contributed by atoms with Crippen LogP contribution in [-0.4, -0.2) is 24.1 Å². The molecule has 0 bridgehead atoms. The molecule has 0 saturated carbocycles. The lowest BCUT2D eigenvalue weighted by molar-refractivity contribution is -0.114. The maximum absolute atomic E-state index is 12.5. The van der Waals surface area contributed by atoms with Gasteiger partial charge in [0.05, 0.1) is 24.9 Å². The molecule has 0 spiro atoms. The van der Waals surface area contributed by atoms with Crippen LogP contribution in [-0.2, 0) is 11.3 Å². The monoisotopic (exact) mass is 391 g/mol. The van der Waals surface area contributed by atoms with E-state index in [1.165, 1.54) is 6.92 Å². The lowest BCUT2D eigenvalue weighted by atomic mass is 10.1. The van der Waals surface area contributed by atoms with Crippen molar-refractivity contribution in [2.75, 3.05) is 17.2 Å². The van der Waals surface area contributed by atoms with E-state index in [0.717, 1.165) is 0 Å². The number of hydrogen-bond acceptors (Lipinski definition) is 5. The summed E-state index contributed by atoms with van der Waals surface area (Å²) < 4.78 is 5.20. The zero-order chi connectivity index (χ0) is 20.6. The number of benzene rings is 2. The van der Waals surface area contributed by atoms with Crippen LogP contribution in [0.5, 0.6) is 0 Å². The summed E-state index contributed by atoms with van der Waals surface area (Å²) in [5, 5.41) is 8.50. The quantitative estimate of drug-likeness (QED) is 0.511. The number of amides is 2. The van der Waals surface area contributed by atoms with Gasteiger partial charge in [0.15, 0.2) is 5.78 Å². The Kier molecular flexibility index (Phi) is 6.42. The Bertz CT molecular complexity index is 1010. The smallest absolute Gasteiger partial charge is 0.253 e. The number of anilines is 2. The molecule has 3 rings (SSSR count). The standard InChI is InChI=1S/C22H21N3O4/c1-15(26)16-6-4-7-17(12-16)25-21(27)14-23-20-10-3-2-9-19(20)22(28)24-13-18-8-5-11-29-18/h2-12,23H,13-14H2,1H3,(H,24,28)(H,25,27). The molecule has 0 aliphatic heterocycles. The van der Waals surface area contributed by atoms with Crippen molar-refractivity contribution in [3.8, 4) is 0 Å². The molecule has 0 fully saturated rings. The summed E-state index contributed by atoms with van der Waals surface area (Å²) in [5.41, 5.74) is 2.02. The summed E-state index contributed by atoms with van der Waals surface area (Å²) in [6.07, 6.45) is 1.54. The minimum absolute atomic E-state index is 0.0349. The minimum Gasteiger partial charge on any atom is -0.467 e. The van der Waals surface area contributed by atoms with Gasteiger partial charge in [0.2, 0.25) is 5.91 Å². The van der Waals surface area contributed by atoms with Crippen LogP contribution in [0.2, 0.25) is 0 Å². The zero-order valence-electron chi connectivity index (χ0n) is 15.9. The van der Waals surface area contributed by atoms with Crippen molar-refractivity contribution in [3.63, 3.8) is 0 Å². The second-order valence-corrected chi connectivity index (χ2v) is 6.35. The van der Waals surface area contributed by atoms with Gasteiger partial charge in [0.25, 0.3) is 5.91 Å². The molecule has 0 aliphatic rings. The second-order valence-electron chi connectivity index (χ2n) is 6.35. The largest absolute Gasteiger partial charge is 0.467 e. The van der Waals surface area contributed by atoms with Crippen LogP contribution in [0, 0.1) is 0 Å². The highest BCUT2D eigenvalue weighted by atomic mass is 16.3. The predicted molar refractivity (Wildman–Crippen MR) is 110 cm³/mol. The average Bonchev–Trinajstić information content (AvgIpc) is 3.24. The Morgan fingerprint density at radius 3 is 2.55 bits per heavy atom. The highest BCUT2D eigenvalue weighted by molar-refractivity contribution is 6.01. The number of para-hydroxylation sites is 1. The fourth-order valence-corrected chi connectivity index (χ4v) is 2.71. The first-order valence-electron chi connectivity index (χ1n) is 9.07. The number of nitrogens with one attached hydrogen (secondary N) is 3. The van der Waals surface area contributed by atoms with Crippen LogP contribution in [0.3, 0.4) is 0 Å². The number of ketones is 1. The van der Waals surface area contributed by atoms with Crippen LogP contribution < -0.4 is 16.0 Å². The van der Waals surface area contributed by atoms with Crippen molar-refractivity contribution < 1.29 is 18.8 Å². The van der Waals surface area contributed by atoms with Crippen LogP contribution in [0.4, 0.5) is 11.4 Å². The van der Waals surface area contributed by atoms with Gasteiger partial charge in [-0.15, -0.1) is 0 Å². The summed E-state index contributed by atoms with van der Waals surface area (Å²) in [6, 6.07) is 17.2. The molecule has 2 amide bonds. The van der Waals surface area contributed by atoms with Gasteiger partial charge in [-0.25, -0.2) is 0 Å². The normalized spacial score (nSPS) is 10.2. The summed E-state index contributed by atoms with van der Waals surface area (Å²) in [6.45, 7) is 1.70. The molecule has 148 valence electrons. The first-order chi connectivity index (χ1) is 14.0. The van der Waals surface area contributed by atoms with E-state index in [0.29, 0.717) is 28.3 Å². The number of Topliss-reactive ketones (excluding diaryl/α,β-unsaturated/α-hetero) is 1. The van der Waals surface area contributed by atoms with Gasteiger partial charge >= 0.3 is 0 Å². The highest BCUT2D eigenvalue weighted by Gasteiger charge is 2.12. The van der Waals surface area contributed by atoms with Crippen LogP contribution >= 0.6 is 0 Å². The van der Waals surface area contributed by atoms with Gasteiger partial charge in [-0.05, 0) is 43.3 Å². The molecule has 3 N–H and O–H groups in total. The van der Waals surface area contributed by atoms with Crippen molar-refractivity contribution in [2.45, 2.75) is 13.5 Å². The van der Waals surface area contributed by atoms with Crippen molar-refractivity contribution in [2.24, 2.45) is 0 Å². The third-order valence-corrected chi connectivity index (χ3v) is 4.17. The van der Waals surface area contributed by atoms with Crippen LogP contribution in [0.25, 0.3) is 0 Å². The lowest BCUT2D eigenvalue weighted by Gasteiger charge is -2.12. The molecule has 0 unspecified atom stereocenters. The Morgan fingerprint density at radius 2 is 1.79 bits per heavy atom. The number of carbonyl (C=O) groups excluding carboxylic acids is 3. The molecule has 3 aromatic rings.